The van der Waals surface area contributed by atoms with Crippen LogP contribution >= 0.6 is 0 Å². The molecule has 0 amide bonds. The minimum absolute atomic E-state index is 0.0755. The number of carbonyl (C=O) groups is 2. The number of benzene rings is 2. The number of phenolic OH excluding ortho intramolecular Hbond substituents is 1. The van der Waals surface area contributed by atoms with Gasteiger partial charge < -0.3 is 14.6 Å². The van der Waals surface area contributed by atoms with Crippen LogP contribution in [0, 0.1) is 0 Å². The first-order valence-electron chi connectivity index (χ1n) is 6.88. The van der Waals surface area contributed by atoms with E-state index in [4.69, 9.17) is 9.47 Å². The van der Waals surface area contributed by atoms with Gasteiger partial charge in [-0.15, -0.1) is 0 Å². The van der Waals surface area contributed by atoms with Crippen molar-refractivity contribution in [1.82, 2.24) is 0 Å². The standard InChI is InChI=1S/C17H16O5/c1-2-11-21-16(19)12-5-9-15(10-6-12)22-17(20)13-3-7-14(18)8-4-13/h3-10,18H,2,11H2,1H3. The van der Waals surface area contributed by atoms with Gasteiger partial charge in [-0.05, 0) is 55.0 Å². The van der Waals surface area contributed by atoms with Crippen LogP contribution in [-0.4, -0.2) is 23.7 Å². The molecule has 0 bridgehead atoms. The Labute approximate surface area is 128 Å². The zero-order chi connectivity index (χ0) is 15.9. The summed E-state index contributed by atoms with van der Waals surface area (Å²) in [7, 11) is 0. The average Bonchev–Trinajstić information content (AvgIpc) is 2.54. The number of rotatable bonds is 5. The Balaban J connectivity index is 2.00. The summed E-state index contributed by atoms with van der Waals surface area (Å²) in [5.74, 6) is -0.545. The second-order valence-corrected chi connectivity index (χ2v) is 4.60. The summed E-state index contributed by atoms with van der Waals surface area (Å²) in [5, 5.41) is 9.18. The fraction of sp³-hybridized carbons (Fsp3) is 0.176. The van der Waals surface area contributed by atoms with E-state index in [0.29, 0.717) is 23.5 Å². The summed E-state index contributed by atoms with van der Waals surface area (Å²) in [5.41, 5.74) is 0.724. The van der Waals surface area contributed by atoms with Crippen LogP contribution in [0.2, 0.25) is 0 Å². The number of hydrogen-bond donors (Lipinski definition) is 1. The maximum Gasteiger partial charge on any atom is 0.343 e. The lowest BCUT2D eigenvalue weighted by atomic mass is 10.2. The molecule has 114 valence electrons. The molecule has 0 atom stereocenters. The SMILES string of the molecule is CCCOC(=O)c1ccc(OC(=O)c2ccc(O)cc2)cc1. The average molecular weight is 300 g/mol. The molecule has 0 aliphatic heterocycles. The summed E-state index contributed by atoms with van der Waals surface area (Å²) in [6.07, 6.45) is 0.758. The molecule has 22 heavy (non-hydrogen) atoms. The minimum atomic E-state index is -0.540. The summed E-state index contributed by atoms with van der Waals surface area (Å²) in [6, 6.07) is 11.9. The number of aromatic hydroxyl groups is 1. The zero-order valence-corrected chi connectivity index (χ0v) is 12.1. The molecule has 1 N–H and O–H groups in total. The van der Waals surface area contributed by atoms with Crippen molar-refractivity contribution < 1.29 is 24.2 Å². The Kier molecular flexibility index (Phi) is 5.14. The summed E-state index contributed by atoms with van der Waals surface area (Å²) in [4.78, 5) is 23.5. The van der Waals surface area contributed by atoms with Crippen molar-refractivity contribution >= 4 is 11.9 Å². The van der Waals surface area contributed by atoms with Gasteiger partial charge in [-0.25, -0.2) is 9.59 Å². The van der Waals surface area contributed by atoms with Crippen LogP contribution < -0.4 is 4.74 Å². The lowest BCUT2D eigenvalue weighted by Crippen LogP contribution is -2.09. The highest BCUT2D eigenvalue weighted by Gasteiger charge is 2.10. The van der Waals surface area contributed by atoms with Gasteiger partial charge in [-0.1, -0.05) is 6.92 Å². The lowest BCUT2D eigenvalue weighted by Gasteiger charge is -2.06. The quantitative estimate of drug-likeness (QED) is 0.678. The third kappa shape index (κ3) is 4.09. The fourth-order valence-corrected chi connectivity index (χ4v) is 1.70. The molecule has 0 unspecified atom stereocenters. The van der Waals surface area contributed by atoms with Crippen molar-refractivity contribution in [2.45, 2.75) is 13.3 Å². The molecule has 5 heteroatoms. The summed E-state index contributed by atoms with van der Waals surface area (Å²) in [6.45, 7) is 2.29. The first-order chi connectivity index (χ1) is 10.6. The number of carbonyl (C=O) groups excluding carboxylic acids is 2. The van der Waals surface area contributed by atoms with Gasteiger partial charge in [-0.2, -0.15) is 0 Å². The molecule has 0 spiro atoms. The third-order valence-electron chi connectivity index (χ3n) is 2.84. The second-order valence-electron chi connectivity index (χ2n) is 4.60. The molecule has 0 aliphatic carbocycles. The van der Waals surface area contributed by atoms with Crippen LogP contribution in [0.1, 0.15) is 34.1 Å². The highest BCUT2D eigenvalue weighted by atomic mass is 16.5. The molecule has 0 saturated carbocycles. The van der Waals surface area contributed by atoms with Crippen molar-refractivity contribution in [2.24, 2.45) is 0 Å². The maximum absolute atomic E-state index is 11.9. The molecule has 0 heterocycles. The molecular weight excluding hydrogens is 284 g/mol. The number of hydrogen-bond acceptors (Lipinski definition) is 5. The molecule has 5 nitrogen and oxygen atoms in total. The van der Waals surface area contributed by atoms with Gasteiger partial charge >= 0.3 is 11.9 Å². The topological polar surface area (TPSA) is 72.8 Å². The molecular formula is C17H16O5. The highest BCUT2D eigenvalue weighted by Crippen LogP contribution is 2.16. The summed E-state index contributed by atoms with van der Waals surface area (Å²) < 4.78 is 10.2. The van der Waals surface area contributed by atoms with Crippen LogP contribution in [-0.2, 0) is 4.74 Å². The van der Waals surface area contributed by atoms with Crippen molar-refractivity contribution in [2.75, 3.05) is 6.61 Å². The number of ether oxygens (including phenoxy) is 2. The third-order valence-corrected chi connectivity index (χ3v) is 2.84. The lowest BCUT2D eigenvalue weighted by molar-refractivity contribution is 0.0505. The van der Waals surface area contributed by atoms with Crippen molar-refractivity contribution in [1.29, 1.82) is 0 Å². The molecule has 0 saturated heterocycles. The zero-order valence-electron chi connectivity index (χ0n) is 12.1. The van der Waals surface area contributed by atoms with E-state index in [1.807, 2.05) is 6.92 Å². The first-order valence-corrected chi connectivity index (χ1v) is 6.88. The van der Waals surface area contributed by atoms with Gasteiger partial charge in [0.1, 0.15) is 11.5 Å². The normalized spacial score (nSPS) is 10.0. The van der Waals surface area contributed by atoms with E-state index in [0.717, 1.165) is 6.42 Å². The molecule has 2 aromatic rings. The van der Waals surface area contributed by atoms with E-state index in [1.165, 1.54) is 48.5 Å². The molecule has 0 aliphatic rings. The van der Waals surface area contributed by atoms with Crippen LogP contribution in [0.15, 0.2) is 48.5 Å². The Bertz CT molecular complexity index is 644. The van der Waals surface area contributed by atoms with Gasteiger partial charge in [0.05, 0.1) is 17.7 Å². The van der Waals surface area contributed by atoms with Gasteiger partial charge in [0.2, 0.25) is 0 Å². The highest BCUT2D eigenvalue weighted by molar-refractivity contribution is 5.92. The molecule has 0 fully saturated rings. The minimum Gasteiger partial charge on any atom is -0.508 e. The first kappa shape index (κ1) is 15.6. The van der Waals surface area contributed by atoms with Crippen LogP contribution in [0.4, 0.5) is 0 Å². The van der Waals surface area contributed by atoms with E-state index in [2.05, 4.69) is 0 Å². The molecule has 2 aromatic carbocycles. The Morgan fingerprint density at radius 2 is 1.45 bits per heavy atom. The molecule has 0 aromatic heterocycles. The van der Waals surface area contributed by atoms with E-state index in [-0.39, 0.29) is 5.75 Å². The number of esters is 2. The Morgan fingerprint density at radius 3 is 2.05 bits per heavy atom. The van der Waals surface area contributed by atoms with E-state index < -0.39 is 11.9 Å². The van der Waals surface area contributed by atoms with Crippen LogP contribution in [0.25, 0.3) is 0 Å². The van der Waals surface area contributed by atoms with Gasteiger partial charge in [0, 0.05) is 0 Å². The van der Waals surface area contributed by atoms with Crippen LogP contribution in [0.3, 0.4) is 0 Å². The monoisotopic (exact) mass is 300 g/mol. The Hall–Kier alpha value is -2.82. The maximum atomic E-state index is 11.9. The van der Waals surface area contributed by atoms with Gasteiger partial charge in [-0.3, -0.25) is 0 Å². The van der Waals surface area contributed by atoms with Crippen LogP contribution in [0.5, 0.6) is 11.5 Å². The predicted molar refractivity (Wildman–Crippen MR) is 80.1 cm³/mol. The van der Waals surface area contributed by atoms with Crippen molar-refractivity contribution in [3.05, 3.63) is 59.7 Å². The van der Waals surface area contributed by atoms with E-state index in [1.54, 1.807) is 0 Å². The van der Waals surface area contributed by atoms with Crippen molar-refractivity contribution in [3.63, 3.8) is 0 Å². The van der Waals surface area contributed by atoms with E-state index >= 15 is 0 Å². The van der Waals surface area contributed by atoms with E-state index in [9.17, 15) is 14.7 Å². The summed E-state index contributed by atoms with van der Waals surface area (Å²) >= 11 is 0. The molecule has 2 rings (SSSR count). The Morgan fingerprint density at radius 1 is 0.909 bits per heavy atom. The largest absolute Gasteiger partial charge is 0.508 e. The number of phenols is 1. The second kappa shape index (κ2) is 7.26. The predicted octanol–water partition coefficient (Wildman–Crippen LogP) is 3.18. The van der Waals surface area contributed by atoms with Gasteiger partial charge in [0.25, 0.3) is 0 Å². The smallest absolute Gasteiger partial charge is 0.343 e. The fourth-order valence-electron chi connectivity index (χ4n) is 1.70. The van der Waals surface area contributed by atoms with Crippen molar-refractivity contribution in [3.8, 4) is 11.5 Å². The molecule has 0 radical (unpaired) electrons. The van der Waals surface area contributed by atoms with Gasteiger partial charge in [0.15, 0.2) is 0 Å².